The van der Waals surface area contributed by atoms with Crippen molar-refractivity contribution in [2.45, 2.75) is 24.1 Å². The maximum atomic E-state index is 10.3. The smallest absolute Gasteiger partial charge is 0.184 e. The third kappa shape index (κ3) is 1.13. The van der Waals surface area contributed by atoms with Crippen molar-refractivity contribution in [2.75, 3.05) is 6.61 Å². The van der Waals surface area contributed by atoms with Crippen LogP contribution < -0.4 is 0 Å². The van der Waals surface area contributed by atoms with Crippen LogP contribution in [0.25, 0.3) is 0 Å². The monoisotopic (exact) mass is 178 g/mol. The normalized spacial score (nSPS) is 47.8. The Morgan fingerprint density at radius 2 is 2.08 bits per heavy atom. The molecule has 1 rings (SSSR count). The Kier molecular flexibility index (Phi) is 2.45. The molecule has 0 aliphatic carbocycles. The van der Waals surface area contributed by atoms with Gasteiger partial charge in [0.15, 0.2) is 18.2 Å². The van der Waals surface area contributed by atoms with Crippen molar-refractivity contribution in [2.24, 2.45) is 0 Å². The second kappa shape index (κ2) is 3.08. The van der Waals surface area contributed by atoms with Crippen molar-refractivity contribution in [1.29, 1.82) is 0 Å². The molecule has 1 aliphatic heterocycles. The molecule has 12 heavy (non-hydrogen) atoms. The molecule has 4 atom stereocenters. The minimum absolute atomic E-state index is 0.0504. The minimum atomic E-state index is -2.21. The molecule has 0 amide bonds. The highest BCUT2D eigenvalue weighted by Gasteiger charge is 2.54. The Hall–Kier alpha value is -0.530. The Labute approximate surface area is 68.0 Å². The van der Waals surface area contributed by atoms with Gasteiger partial charge in [0.05, 0.1) is 6.61 Å². The van der Waals surface area contributed by atoms with Crippen LogP contribution in [0.15, 0.2) is 0 Å². The predicted octanol–water partition coefficient (Wildman–Crippen LogP) is -3.01. The standard InChI is InChI=1S/C6H10O6/c7-1-3-6(11,2-8)4(9)5(10)12-3/h2-5,7,9-11H,1H2/t3-,4-,5?,6+/m0/s1. The van der Waals surface area contributed by atoms with E-state index in [2.05, 4.69) is 4.74 Å². The molecule has 1 unspecified atom stereocenters. The van der Waals surface area contributed by atoms with E-state index in [0.717, 1.165) is 0 Å². The van der Waals surface area contributed by atoms with Crippen LogP contribution in [-0.2, 0) is 9.53 Å². The molecule has 0 saturated carbocycles. The lowest BCUT2D eigenvalue weighted by atomic mass is 9.95. The van der Waals surface area contributed by atoms with Gasteiger partial charge in [-0.1, -0.05) is 0 Å². The first kappa shape index (κ1) is 9.56. The molecular formula is C6H10O6. The second-order valence-electron chi connectivity index (χ2n) is 2.65. The van der Waals surface area contributed by atoms with E-state index in [-0.39, 0.29) is 6.29 Å². The molecule has 70 valence electrons. The quantitative estimate of drug-likeness (QED) is 0.335. The summed E-state index contributed by atoms with van der Waals surface area (Å²) < 4.78 is 4.50. The third-order valence-electron chi connectivity index (χ3n) is 1.92. The zero-order valence-corrected chi connectivity index (χ0v) is 6.12. The zero-order chi connectivity index (χ0) is 9.35. The molecule has 1 aliphatic rings. The maximum absolute atomic E-state index is 10.3. The largest absolute Gasteiger partial charge is 0.394 e. The summed E-state index contributed by atoms with van der Waals surface area (Å²) in [4.78, 5) is 10.3. The van der Waals surface area contributed by atoms with E-state index in [0.29, 0.717) is 0 Å². The van der Waals surface area contributed by atoms with Gasteiger partial charge in [-0.3, -0.25) is 4.79 Å². The van der Waals surface area contributed by atoms with Gasteiger partial charge in [0.25, 0.3) is 0 Å². The van der Waals surface area contributed by atoms with Gasteiger partial charge in [-0.25, -0.2) is 0 Å². The SMILES string of the molecule is O=C[C@@]1(O)[C@H](CO)OC(O)[C@@H]1O. The predicted molar refractivity (Wildman–Crippen MR) is 35.0 cm³/mol. The van der Waals surface area contributed by atoms with Crippen LogP contribution in [0.3, 0.4) is 0 Å². The zero-order valence-electron chi connectivity index (χ0n) is 6.12. The Morgan fingerprint density at radius 1 is 1.50 bits per heavy atom. The molecule has 1 fully saturated rings. The lowest BCUT2D eigenvalue weighted by molar-refractivity contribution is -0.140. The lowest BCUT2D eigenvalue weighted by Gasteiger charge is -2.22. The number of hydrogen-bond donors (Lipinski definition) is 4. The summed E-state index contributed by atoms with van der Waals surface area (Å²) >= 11 is 0. The molecule has 1 saturated heterocycles. The highest BCUT2D eigenvalue weighted by Crippen LogP contribution is 2.27. The average molecular weight is 178 g/mol. The third-order valence-corrected chi connectivity index (χ3v) is 1.92. The van der Waals surface area contributed by atoms with Gasteiger partial charge in [-0.15, -0.1) is 0 Å². The molecule has 4 N–H and O–H groups in total. The van der Waals surface area contributed by atoms with Gasteiger partial charge in [-0.05, 0) is 0 Å². The van der Waals surface area contributed by atoms with Gasteiger partial charge in [0.2, 0.25) is 0 Å². The molecular weight excluding hydrogens is 168 g/mol. The fourth-order valence-electron chi connectivity index (χ4n) is 1.11. The molecule has 0 aromatic rings. The molecule has 6 heteroatoms. The summed E-state index contributed by atoms with van der Waals surface area (Å²) in [6, 6.07) is 0. The number of carbonyl (C=O) groups is 1. The van der Waals surface area contributed by atoms with Crippen LogP contribution in [0.4, 0.5) is 0 Å². The summed E-state index contributed by atoms with van der Waals surface area (Å²) in [6.07, 6.45) is -4.58. The van der Waals surface area contributed by atoms with E-state index in [1.165, 1.54) is 0 Å². The first-order valence-electron chi connectivity index (χ1n) is 3.37. The number of aliphatic hydroxyl groups excluding tert-OH is 3. The van der Waals surface area contributed by atoms with E-state index in [1.54, 1.807) is 0 Å². The van der Waals surface area contributed by atoms with Crippen molar-refractivity contribution in [3.8, 4) is 0 Å². The van der Waals surface area contributed by atoms with Crippen LogP contribution in [0.2, 0.25) is 0 Å². The fraction of sp³-hybridized carbons (Fsp3) is 0.833. The van der Waals surface area contributed by atoms with Gasteiger partial charge in [0.1, 0.15) is 12.2 Å². The number of rotatable bonds is 2. The average Bonchev–Trinajstić information content (AvgIpc) is 2.30. The Balaban J connectivity index is 2.87. The number of carbonyl (C=O) groups excluding carboxylic acids is 1. The molecule has 0 aromatic carbocycles. The molecule has 0 aromatic heterocycles. The number of aldehydes is 1. The van der Waals surface area contributed by atoms with Crippen LogP contribution in [0.1, 0.15) is 0 Å². The number of hydrogen-bond acceptors (Lipinski definition) is 6. The van der Waals surface area contributed by atoms with Crippen molar-refractivity contribution >= 4 is 6.29 Å². The van der Waals surface area contributed by atoms with Crippen molar-refractivity contribution < 1.29 is 30.0 Å². The highest BCUT2D eigenvalue weighted by molar-refractivity contribution is 5.65. The topological polar surface area (TPSA) is 107 Å². The first-order chi connectivity index (χ1) is 5.56. The maximum Gasteiger partial charge on any atom is 0.184 e. The van der Waals surface area contributed by atoms with Crippen LogP contribution in [-0.4, -0.2) is 57.4 Å². The van der Waals surface area contributed by atoms with Crippen LogP contribution in [0, 0.1) is 0 Å². The second-order valence-corrected chi connectivity index (χ2v) is 2.65. The van der Waals surface area contributed by atoms with Crippen molar-refractivity contribution in [3.63, 3.8) is 0 Å². The van der Waals surface area contributed by atoms with Crippen molar-refractivity contribution in [3.05, 3.63) is 0 Å². The summed E-state index contributed by atoms with van der Waals surface area (Å²) in [6.45, 7) is -0.649. The van der Waals surface area contributed by atoms with Crippen molar-refractivity contribution in [1.82, 2.24) is 0 Å². The van der Waals surface area contributed by atoms with Gasteiger partial charge in [0, 0.05) is 0 Å². The van der Waals surface area contributed by atoms with Crippen LogP contribution >= 0.6 is 0 Å². The Morgan fingerprint density at radius 3 is 2.42 bits per heavy atom. The van der Waals surface area contributed by atoms with E-state index in [1.807, 2.05) is 0 Å². The Bertz CT molecular complexity index is 183. The molecule has 6 nitrogen and oxygen atoms in total. The van der Waals surface area contributed by atoms with E-state index < -0.39 is 30.7 Å². The molecule has 1 heterocycles. The summed E-state index contributed by atoms with van der Waals surface area (Å²) in [5.74, 6) is 0. The van der Waals surface area contributed by atoms with E-state index in [9.17, 15) is 9.90 Å². The van der Waals surface area contributed by atoms with Gasteiger partial charge >= 0.3 is 0 Å². The van der Waals surface area contributed by atoms with Gasteiger partial charge < -0.3 is 25.2 Å². The first-order valence-corrected chi connectivity index (χ1v) is 3.37. The summed E-state index contributed by atoms with van der Waals surface area (Å²) in [5.41, 5.74) is -2.21. The summed E-state index contributed by atoms with van der Waals surface area (Å²) in [5, 5.41) is 35.9. The molecule has 0 bridgehead atoms. The number of aliphatic hydroxyl groups is 4. The highest BCUT2D eigenvalue weighted by atomic mass is 16.7. The number of ether oxygens (including phenoxy) is 1. The van der Waals surface area contributed by atoms with E-state index >= 15 is 0 Å². The van der Waals surface area contributed by atoms with Crippen LogP contribution in [0.5, 0.6) is 0 Å². The molecule has 0 spiro atoms. The minimum Gasteiger partial charge on any atom is -0.394 e. The summed E-state index contributed by atoms with van der Waals surface area (Å²) in [7, 11) is 0. The van der Waals surface area contributed by atoms with E-state index in [4.69, 9.17) is 15.3 Å². The fourth-order valence-corrected chi connectivity index (χ4v) is 1.11. The lowest BCUT2D eigenvalue weighted by Crippen LogP contribution is -2.50. The van der Waals surface area contributed by atoms with Gasteiger partial charge in [-0.2, -0.15) is 0 Å². The molecule has 0 radical (unpaired) electrons.